The van der Waals surface area contributed by atoms with Crippen LogP contribution in [0.4, 0.5) is 5.00 Å². The third kappa shape index (κ3) is 4.42. The van der Waals surface area contributed by atoms with Crippen molar-refractivity contribution < 1.29 is 14.3 Å². The summed E-state index contributed by atoms with van der Waals surface area (Å²) in [6, 6.07) is 7.60. The fourth-order valence-electron chi connectivity index (χ4n) is 4.72. The third-order valence-corrected chi connectivity index (χ3v) is 8.51. The minimum absolute atomic E-state index is 0.222. The molecule has 3 aromatic heterocycles. The first-order valence-corrected chi connectivity index (χ1v) is 13.5. The van der Waals surface area contributed by atoms with E-state index in [1.807, 2.05) is 38.1 Å². The number of rotatable bonds is 7. The molecule has 0 saturated carbocycles. The van der Waals surface area contributed by atoms with Gasteiger partial charge in [-0.15, -0.1) is 22.7 Å². The topological polar surface area (TPSA) is 116 Å². The van der Waals surface area contributed by atoms with E-state index >= 15 is 0 Å². The van der Waals surface area contributed by atoms with Crippen molar-refractivity contribution >= 4 is 49.7 Å². The number of carbonyl (C=O) groups is 2. The first-order chi connectivity index (χ1) is 17.4. The van der Waals surface area contributed by atoms with E-state index in [0.29, 0.717) is 27.4 Å². The number of nitrogens with two attached hydrogens (primary N) is 1. The Labute approximate surface area is 215 Å². The second kappa shape index (κ2) is 9.87. The number of hydrogen-bond acceptors (Lipinski definition) is 7. The Morgan fingerprint density at radius 1 is 1.17 bits per heavy atom. The SMILES string of the molecule is CCOc1ccc(-c2c(C)sc3ncn(CC(=O)Nc4sc5c(c4C(N)=O)CCCC5)c(=O)c23)cc1. The lowest BCUT2D eigenvalue weighted by Gasteiger charge is -2.11. The molecule has 1 aromatic carbocycles. The van der Waals surface area contributed by atoms with Gasteiger partial charge in [-0.2, -0.15) is 0 Å². The Bertz CT molecular complexity index is 1530. The molecular weight excluding hydrogens is 496 g/mol. The first-order valence-electron chi connectivity index (χ1n) is 11.8. The van der Waals surface area contributed by atoms with Gasteiger partial charge in [-0.05, 0) is 62.8 Å². The molecule has 0 fully saturated rings. The van der Waals surface area contributed by atoms with Gasteiger partial charge in [0.1, 0.15) is 22.1 Å². The van der Waals surface area contributed by atoms with E-state index in [4.69, 9.17) is 10.5 Å². The second-order valence-corrected chi connectivity index (χ2v) is 11.0. The minimum atomic E-state index is -0.543. The van der Waals surface area contributed by atoms with E-state index in [1.54, 1.807) is 0 Å². The number of nitrogens with one attached hydrogen (secondary N) is 1. The van der Waals surface area contributed by atoms with Crippen LogP contribution >= 0.6 is 22.7 Å². The van der Waals surface area contributed by atoms with Crippen LogP contribution in [-0.2, 0) is 24.2 Å². The van der Waals surface area contributed by atoms with Crippen LogP contribution in [0.25, 0.3) is 21.3 Å². The average molecular weight is 523 g/mol. The highest BCUT2D eigenvalue weighted by Crippen LogP contribution is 2.38. The van der Waals surface area contributed by atoms with Crippen LogP contribution < -0.4 is 21.3 Å². The summed E-state index contributed by atoms with van der Waals surface area (Å²) in [6.07, 6.45) is 5.11. The quantitative estimate of drug-likeness (QED) is 0.370. The molecule has 8 nitrogen and oxygen atoms in total. The molecule has 2 amide bonds. The van der Waals surface area contributed by atoms with Crippen LogP contribution in [0.15, 0.2) is 35.4 Å². The highest BCUT2D eigenvalue weighted by atomic mass is 32.1. The molecule has 10 heteroatoms. The van der Waals surface area contributed by atoms with Gasteiger partial charge in [0, 0.05) is 15.3 Å². The van der Waals surface area contributed by atoms with Crippen molar-refractivity contribution in [3.63, 3.8) is 0 Å². The molecule has 0 saturated heterocycles. The second-order valence-electron chi connectivity index (χ2n) is 8.68. The summed E-state index contributed by atoms with van der Waals surface area (Å²) in [5.41, 5.74) is 8.40. The normalized spacial score (nSPS) is 12.9. The monoisotopic (exact) mass is 522 g/mol. The Balaban J connectivity index is 1.45. The lowest BCUT2D eigenvalue weighted by Crippen LogP contribution is -2.28. The Morgan fingerprint density at radius 2 is 1.92 bits per heavy atom. The number of fused-ring (bicyclic) bond motifs is 2. The van der Waals surface area contributed by atoms with Crippen molar-refractivity contribution in [3.8, 4) is 16.9 Å². The van der Waals surface area contributed by atoms with Gasteiger partial charge in [0.2, 0.25) is 5.91 Å². The summed E-state index contributed by atoms with van der Waals surface area (Å²) in [5, 5.41) is 3.77. The molecule has 0 atom stereocenters. The molecule has 0 spiro atoms. The van der Waals surface area contributed by atoms with E-state index in [1.165, 1.54) is 33.6 Å². The minimum Gasteiger partial charge on any atom is -0.494 e. The molecule has 0 aliphatic heterocycles. The number of aromatic nitrogens is 2. The number of benzene rings is 1. The number of nitrogens with zero attached hydrogens (tertiary/aromatic N) is 2. The van der Waals surface area contributed by atoms with Gasteiger partial charge in [0.15, 0.2) is 0 Å². The molecule has 1 aliphatic rings. The molecule has 186 valence electrons. The Kier molecular flexibility index (Phi) is 6.63. The first kappa shape index (κ1) is 24.2. The number of carbonyl (C=O) groups excluding carboxylic acids is 2. The van der Waals surface area contributed by atoms with Gasteiger partial charge in [-0.3, -0.25) is 19.0 Å². The zero-order valence-electron chi connectivity index (χ0n) is 20.1. The summed E-state index contributed by atoms with van der Waals surface area (Å²) >= 11 is 2.85. The molecule has 3 heterocycles. The van der Waals surface area contributed by atoms with Gasteiger partial charge >= 0.3 is 0 Å². The number of primary amides is 1. The van der Waals surface area contributed by atoms with E-state index in [-0.39, 0.29) is 12.1 Å². The summed E-state index contributed by atoms with van der Waals surface area (Å²) in [4.78, 5) is 45.7. The summed E-state index contributed by atoms with van der Waals surface area (Å²) in [6.45, 7) is 4.24. The number of thiophene rings is 2. The fraction of sp³-hybridized carbons (Fsp3) is 0.308. The smallest absolute Gasteiger partial charge is 0.263 e. The Morgan fingerprint density at radius 3 is 2.64 bits per heavy atom. The number of hydrogen-bond donors (Lipinski definition) is 2. The highest BCUT2D eigenvalue weighted by molar-refractivity contribution is 7.19. The number of ether oxygens (including phenoxy) is 1. The average Bonchev–Trinajstić information content (AvgIpc) is 3.38. The maximum absolute atomic E-state index is 13.5. The zero-order chi connectivity index (χ0) is 25.4. The van der Waals surface area contributed by atoms with Crippen LogP contribution in [0.3, 0.4) is 0 Å². The van der Waals surface area contributed by atoms with Crippen molar-refractivity contribution in [1.82, 2.24) is 9.55 Å². The van der Waals surface area contributed by atoms with Crippen LogP contribution in [0.2, 0.25) is 0 Å². The fourth-order valence-corrected chi connectivity index (χ4v) is 7.03. The molecule has 5 rings (SSSR count). The summed E-state index contributed by atoms with van der Waals surface area (Å²) in [5.74, 6) is -0.191. The van der Waals surface area contributed by atoms with Crippen LogP contribution in [0.1, 0.15) is 45.4 Å². The largest absolute Gasteiger partial charge is 0.494 e. The standard InChI is InChI=1S/C26H26N4O4S2/c1-3-34-16-10-8-15(9-11-16)20-14(2)35-24-22(20)26(33)30(13-28-24)12-19(31)29-25-21(23(27)32)17-6-4-5-7-18(17)36-25/h8-11,13H,3-7,12H2,1-2H3,(H2,27,32)(H,29,31). The molecular formula is C26H26N4O4S2. The van der Waals surface area contributed by atoms with Crippen molar-refractivity contribution in [2.45, 2.75) is 46.1 Å². The van der Waals surface area contributed by atoms with Crippen molar-refractivity contribution in [2.75, 3.05) is 11.9 Å². The van der Waals surface area contributed by atoms with Crippen molar-refractivity contribution in [2.24, 2.45) is 5.73 Å². The number of amides is 2. The molecule has 1 aliphatic carbocycles. The van der Waals surface area contributed by atoms with Crippen molar-refractivity contribution in [1.29, 1.82) is 0 Å². The van der Waals surface area contributed by atoms with Crippen LogP contribution in [0, 0.1) is 6.92 Å². The zero-order valence-corrected chi connectivity index (χ0v) is 21.7. The predicted molar refractivity (Wildman–Crippen MR) is 143 cm³/mol. The van der Waals surface area contributed by atoms with E-state index in [0.717, 1.165) is 57.9 Å². The molecule has 36 heavy (non-hydrogen) atoms. The van der Waals surface area contributed by atoms with Crippen molar-refractivity contribution in [3.05, 3.63) is 61.8 Å². The predicted octanol–water partition coefficient (Wildman–Crippen LogP) is 4.51. The number of anilines is 1. The summed E-state index contributed by atoms with van der Waals surface area (Å²) < 4.78 is 6.84. The van der Waals surface area contributed by atoms with Gasteiger partial charge in [0.05, 0.1) is 23.9 Å². The van der Waals surface area contributed by atoms with Crippen LogP contribution in [0.5, 0.6) is 5.75 Å². The van der Waals surface area contributed by atoms with E-state index < -0.39 is 11.8 Å². The molecule has 3 N–H and O–H groups in total. The maximum atomic E-state index is 13.5. The van der Waals surface area contributed by atoms with Crippen LogP contribution in [-0.4, -0.2) is 28.0 Å². The van der Waals surface area contributed by atoms with Gasteiger partial charge < -0.3 is 15.8 Å². The molecule has 0 bridgehead atoms. The lowest BCUT2D eigenvalue weighted by atomic mass is 9.95. The molecule has 0 radical (unpaired) electrons. The van der Waals surface area contributed by atoms with Gasteiger partial charge in [-0.1, -0.05) is 12.1 Å². The maximum Gasteiger partial charge on any atom is 0.263 e. The van der Waals surface area contributed by atoms with E-state index in [9.17, 15) is 14.4 Å². The third-order valence-electron chi connectivity index (χ3n) is 6.29. The Hall–Kier alpha value is -3.50. The number of aryl methyl sites for hydroxylation is 2. The van der Waals surface area contributed by atoms with Gasteiger partial charge in [-0.25, -0.2) is 4.98 Å². The van der Waals surface area contributed by atoms with E-state index in [2.05, 4.69) is 10.3 Å². The lowest BCUT2D eigenvalue weighted by molar-refractivity contribution is -0.116. The highest BCUT2D eigenvalue weighted by Gasteiger charge is 2.25. The molecule has 0 unspecified atom stereocenters. The summed E-state index contributed by atoms with van der Waals surface area (Å²) in [7, 11) is 0. The molecule has 4 aromatic rings. The van der Waals surface area contributed by atoms with Gasteiger partial charge in [0.25, 0.3) is 11.5 Å².